The van der Waals surface area contributed by atoms with Crippen LogP contribution in [-0.2, 0) is 4.74 Å². The van der Waals surface area contributed by atoms with Crippen molar-refractivity contribution in [1.82, 2.24) is 4.90 Å². The number of ketones is 1. The number of likely N-dealkylation sites (N-methyl/N-ethyl adjacent to an activating group) is 1. The van der Waals surface area contributed by atoms with Crippen molar-refractivity contribution in [2.75, 3.05) is 26.7 Å². The van der Waals surface area contributed by atoms with Gasteiger partial charge in [-0.05, 0) is 19.5 Å². The fourth-order valence-corrected chi connectivity index (χ4v) is 1.91. The number of carbonyl (C=O) groups is 1. The van der Waals surface area contributed by atoms with Gasteiger partial charge in [-0.3, -0.25) is 4.79 Å². The van der Waals surface area contributed by atoms with Crippen LogP contribution in [0.25, 0.3) is 0 Å². The van der Waals surface area contributed by atoms with E-state index in [1.54, 1.807) is 6.92 Å². The molecule has 7 nitrogen and oxygen atoms in total. The Bertz CT molecular complexity index is 456. The second-order valence-corrected chi connectivity index (χ2v) is 4.54. The lowest BCUT2D eigenvalue weighted by Crippen LogP contribution is -2.35. The number of benzene rings is 1. The fourth-order valence-electron chi connectivity index (χ4n) is 1.91. The maximum atomic E-state index is 11.1. The molecule has 1 heterocycles. The van der Waals surface area contributed by atoms with Crippen LogP contribution in [0.15, 0.2) is 24.3 Å². The average Bonchev–Trinajstić information content (AvgIpc) is 2.38. The molecule has 1 aliphatic rings. The van der Waals surface area contributed by atoms with E-state index in [0.29, 0.717) is 0 Å². The van der Waals surface area contributed by atoms with Gasteiger partial charge < -0.3 is 14.8 Å². The van der Waals surface area contributed by atoms with Crippen molar-refractivity contribution < 1.29 is 19.8 Å². The van der Waals surface area contributed by atoms with Gasteiger partial charge in [-0.15, -0.1) is 10.1 Å². The van der Waals surface area contributed by atoms with Gasteiger partial charge in [-0.25, -0.2) is 0 Å². The van der Waals surface area contributed by atoms with Crippen LogP contribution < -0.4 is 0 Å². The van der Waals surface area contributed by atoms with Crippen molar-refractivity contribution in [1.29, 1.82) is 0 Å². The Morgan fingerprint density at radius 3 is 2.45 bits per heavy atom. The van der Waals surface area contributed by atoms with E-state index in [1.807, 2.05) is 24.3 Å². The number of hydrogen-bond donors (Lipinski definition) is 1. The zero-order valence-electron chi connectivity index (χ0n) is 11.5. The number of hydrogen-bond acceptors (Lipinski definition) is 5. The zero-order chi connectivity index (χ0) is 15.1. The van der Waals surface area contributed by atoms with E-state index >= 15 is 0 Å². The molecule has 110 valence electrons. The zero-order valence-corrected chi connectivity index (χ0v) is 11.5. The van der Waals surface area contributed by atoms with E-state index in [0.717, 1.165) is 30.8 Å². The first-order valence-electron chi connectivity index (χ1n) is 6.14. The molecule has 1 fully saturated rings. The molecule has 7 heteroatoms. The number of Topliss-reactive ketones (excluding diaryl/α,β-unsaturated/α-hetero) is 1. The lowest BCUT2D eigenvalue weighted by atomic mass is 10.0. The summed E-state index contributed by atoms with van der Waals surface area (Å²) in [5.41, 5.74) is 1.91. The van der Waals surface area contributed by atoms with Gasteiger partial charge >= 0.3 is 0 Å². The van der Waals surface area contributed by atoms with E-state index in [9.17, 15) is 4.79 Å². The molecule has 1 atom stereocenters. The summed E-state index contributed by atoms with van der Waals surface area (Å²) < 4.78 is 5.71. The summed E-state index contributed by atoms with van der Waals surface area (Å²) in [6, 6.07) is 7.71. The highest BCUT2D eigenvalue weighted by Crippen LogP contribution is 2.21. The summed E-state index contributed by atoms with van der Waals surface area (Å²) in [6.45, 7) is 4.26. The van der Waals surface area contributed by atoms with Crippen LogP contribution >= 0.6 is 0 Å². The largest absolute Gasteiger partial charge is 0.371 e. The minimum absolute atomic E-state index is 0.105. The Balaban J connectivity index is 0.000000444. The van der Waals surface area contributed by atoms with Crippen LogP contribution in [0.4, 0.5) is 0 Å². The SMILES string of the molecule is CC(=O)c1ccc(C2CN(C)CCO2)cc1.O=[N+]([O-])O. The summed E-state index contributed by atoms with van der Waals surface area (Å²) in [4.78, 5) is 21.8. The number of rotatable bonds is 2. The Kier molecular flexibility index (Phi) is 6.08. The molecular weight excluding hydrogens is 264 g/mol. The normalized spacial score (nSPS) is 18.8. The van der Waals surface area contributed by atoms with Crippen LogP contribution in [0.2, 0.25) is 0 Å². The Hall–Kier alpha value is -1.99. The summed E-state index contributed by atoms with van der Waals surface area (Å²) in [7, 11) is 2.10. The maximum absolute atomic E-state index is 11.1. The van der Waals surface area contributed by atoms with Gasteiger partial charge in [0, 0.05) is 18.7 Å². The molecule has 1 aromatic carbocycles. The first-order chi connectivity index (χ1) is 9.40. The molecule has 0 aliphatic carbocycles. The number of morpholine rings is 1. The monoisotopic (exact) mass is 282 g/mol. The molecule has 20 heavy (non-hydrogen) atoms. The van der Waals surface area contributed by atoms with Crippen LogP contribution in [-0.4, -0.2) is 47.7 Å². The molecule has 1 unspecified atom stereocenters. The van der Waals surface area contributed by atoms with Gasteiger partial charge in [-0.1, -0.05) is 24.3 Å². The molecule has 0 aromatic heterocycles. The predicted molar refractivity (Wildman–Crippen MR) is 71.4 cm³/mol. The summed E-state index contributed by atoms with van der Waals surface area (Å²) in [5, 5.41) is 13.6. The first-order valence-corrected chi connectivity index (χ1v) is 6.14. The van der Waals surface area contributed by atoms with Gasteiger partial charge in [0.15, 0.2) is 5.78 Å². The van der Waals surface area contributed by atoms with Crippen molar-refractivity contribution in [3.8, 4) is 0 Å². The number of nitrogens with zero attached hydrogens (tertiary/aromatic N) is 2. The third-order valence-electron chi connectivity index (χ3n) is 2.96. The highest BCUT2D eigenvalue weighted by Gasteiger charge is 2.19. The molecule has 1 aromatic rings. The molecule has 0 bridgehead atoms. The van der Waals surface area contributed by atoms with Crippen LogP contribution in [0, 0.1) is 10.1 Å². The second-order valence-electron chi connectivity index (χ2n) is 4.54. The van der Waals surface area contributed by atoms with E-state index in [4.69, 9.17) is 20.1 Å². The van der Waals surface area contributed by atoms with Crippen molar-refractivity contribution in [3.63, 3.8) is 0 Å². The number of carbonyl (C=O) groups excluding carboxylic acids is 1. The molecule has 0 saturated carbocycles. The van der Waals surface area contributed by atoms with E-state index in [-0.39, 0.29) is 11.9 Å². The molecule has 1 saturated heterocycles. The Morgan fingerprint density at radius 2 is 2.00 bits per heavy atom. The number of ether oxygens (including phenoxy) is 1. The topological polar surface area (TPSA) is 92.9 Å². The van der Waals surface area contributed by atoms with Gasteiger partial charge in [0.25, 0.3) is 5.09 Å². The third-order valence-corrected chi connectivity index (χ3v) is 2.96. The van der Waals surface area contributed by atoms with Gasteiger partial charge in [0.05, 0.1) is 12.7 Å². The molecule has 1 aliphatic heterocycles. The average molecular weight is 282 g/mol. The molecule has 0 amide bonds. The molecule has 0 radical (unpaired) electrons. The lowest BCUT2D eigenvalue weighted by molar-refractivity contribution is -0.742. The first kappa shape index (κ1) is 16.1. The van der Waals surface area contributed by atoms with Crippen molar-refractivity contribution in [2.45, 2.75) is 13.0 Å². The van der Waals surface area contributed by atoms with E-state index in [1.165, 1.54) is 0 Å². The predicted octanol–water partition coefficient (Wildman–Crippen LogP) is 1.54. The van der Waals surface area contributed by atoms with Crippen molar-refractivity contribution in [2.24, 2.45) is 0 Å². The van der Waals surface area contributed by atoms with Crippen molar-refractivity contribution >= 4 is 5.78 Å². The van der Waals surface area contributed by atoms with Crippen LogP contribution in [0.1, 0.15) is 28.9 Å². The van der Waals surface area contributed by atoms with Crippen molar-refractivity contribution in [3.05, 3.63) is 45.5 Å². The van der Waals surface area contributed by atoms with E-state index < -0.39 is 5.09 Å². The minimum atomic E-state index is -1.50. The minimum Gasteiger partial charge on any atom is -0.371 e. The standard InChI is InChI=1S/C13H17NO2.HNO3/c1-10(15)11-3-5-12(6-4-11)13-9-14(2)7-8-16-13;2-1(3)4/h3-6,13H,7-9H2,1-2H3;(H,2,3,4). The second kappa shape index (κ2) is 7.56. The highest BCUT2D eigenvalue weighted by molar-refractivity contribution is 5.94. The summed E-state index contributed by atoms with van der Waals surface area (Å²) in [5.74, 6) is 0.105. The van der Waals surface area contributed by atoms with Gasteiger partial charge in [-0.2, -0.15) is 0 Å². The van der Waals surface area contributed by atoms with Crippen LogP contribution in [0.3, 0.4) is 0 Å². The Morgan fingerprint density at radius 1 is 1.45 bits per heavy atom. The molecular formula is C13H18N2O5. The lowest BCUT2D eigenvalue weighted by Gasteiger charge is -2.30. The smallest absolute Gasteiger partial charge is 0.291 e. The van der Waals surface area contributed by atoms with Crippen LogP contribution in [0.5, 0.6) is 0 Å². The quantitative estimate of drug-likeness (QED) is 0.502. The molecule has 0 spiro atoms. The molecule has 2 rings (SSSR count). The summed E-state index contributed by atoms with van der Waals surface area (Å²) in [6.07, 6.45) is 0.139. The van der Waals surface area contributed by atoms with Gasteiger partial charge in [0.2, 0.25) is 0 Å². The maximum Gasteiger partial charge on any atom is 0.291 e. The third kappa shape index (κ3) is 5.33. The summed E-state index contributed by atoms with van der Waals surface area (Å²) >= 11 is 0. The fraction of sp³-hybridized carbons (Fsp3) is 0.462. The highest BCUT2D eigenvalue weighted by atomic mass is 16.9. The Labute approximate surface area is 116 Å². The van der Waals surface area contributed by atoms with Gasteiger partial charge in [0.1, 0.15) is 0 Å². The van der Waals surface area contributed by atoms with E-state index in [2.05, 4.69) is 11.9 Å². The molecule has 1 N–H and O–H groups in total.